The summed E-state index contributed by atoms with van der Waals surface area (Å²) in [6.45, 7) is 1.07. The van der Waals surface area contributed by atoms with Crippen LogP contribution in [-0.2, 0) is 18.4 Å². The molecule has 1 heterocycles. The van der Waals surface area contributed by atoms with Crippen LogP contribution >= 0.6 is 0 Å². The number of aryl methyl sites for hydroxylation is 1. The fourth-order valence-corrected chi connectivity index (χ4v) is 0.894. The van der Waals surface area contributed by atoms with Gasteiger partial charge in [-0.3, -0.25) is 0 Å². The van der Waals surface area contributed by atoms with Gasteiger partial charge in [-0.25, -0.2) is 4.79 Å². The van der Waals surface area contributed by atoms with Crippen molar-refractivity contribution in [2.24, 2.45) is 7.05 Å². The third kappa shape index (κ3) is 3.36. The molecule has 0 amide bonds. The number of aliphatic carboxylic acids is 1. The van der Waals surface area contributed by atoms with Crippen LogP contribution in [0.3, 0.4) is 0 Å². The van der Waals surface area contributed by atoms with E-state index in [-0.39, 0.29) is 0 Å². The van der Waals surface area contributed by atoms with Gasteiger partial charge < -0.3 is 15.0 Å². The molecule has 0 aliphatic heterocycles. The highest BCUT2D eigenvalue weighted by Gasteiger charge is 1.97. The first-order valence-electron chi connectivity index (χ1n) is 4.13. The van der Waals surface area contributed by atoms with E-state index < -0.39 is 5.97 Å². The Morgan fingerprint density at radius 2 is 2.57 bits per heavy atom. The largest absolute Gasteiger partial charge is 0.478 e. The van der Waals surface area contributed by atoms with Gasteiger partial charge in [-0.2, -0.15) is 0 Å². The van der Waals surface area contributed by atoms with E-state index in [1.165, 1.54) is 0 Å². The summed E-state index contributed by atoms with van der Waals surface area (Å²) >= 11 is 0. The maximum absolute atomic E-state index is 10.1. The van der Waals surface area contributed by atoms with Gasteiger partial charge in [0.1, 0.15) is 12.2 Å². The maximum atomic E-state index is 10.1. The molecule has 0 saturated carbocycles. The lowest BCUT2D eigenvalue weighted by Gasteiger charge is -1.99. The molecule has 1 aromatic heterocycles. The maximum Gasteiger partial charge on any atom is 0.328 e. The van der Waals surface area contributed by atoms with Crippen LogP contribution in [0.15, 0.2) is 18.5 Å². The quantitative estimate of drug-likeness (QED) is 0.492. The number of carboxylic acids is 1. The Labute approximate surface area is 81.3 Å². The van der Waals surface area contributed by atoms with E-state index in [1.54, 1.807) is 17.0 Å². The molecule has 0 fully saturated rings. The van der Waals surface area contributed by atoms with Gasteiger partial charge >= 0.3 is 5.97 Å². The summed E-state index contributed by atoms with van der Waals surface area (Å²) in [5, 5.41) is 18.9. The van der Waals surface area contributed by atoms with Crippen molar-refractivity contribution >= 4 is 5.97 Å². The number of hydrogen-bond acceptors (Lipinski definition) is 4. The number of nitrogens with one attached hydrogen (secondary N) is 1. The van der Waals surface area contributed by atoms with Gasteiger partial charge in [0.05, 0.1) is 6.54 Å². The van der Waals surface area contributed by atoms with Crippen LogP contribution in [0.1, 0.15) is 5.82 Å². The third-order valence-electron chi connectivity index (χ3n) is 1.61. The Hall–Kier alpha value is -1.69. The summed E-state index contributed by atoms with van der Waals surface area (Å²) < 4.78 is 1.80. The van der Waals surface area contributed by atoms with Crippen molar-refractivity contribution in [3.05, 3.63) is 24.3 Å². The molecule has 6 heteroatoms. The van der Waals surface area contributed by atoms with Crippen molar-refractivity contribution in [1.29, 1.82) is 0 Å². The summed E-state index contributed by atoms with van der Waals surface area (Å²) in [6, 6.07) is 0. The molecule has 0 unspecified atom stereocenters. The molecule has 1 aromatic rings. The average Bonchev–Trinajstić information content (AvgIpc) is 2.51. The molecule has 2 N–H and O–H groups in total. The van der Waals surface area contributed by atoms with Crippen molar-refractivity contribution < 1.29 is 9.90 Å². The molecule has 0 saturated heterocycles. The molecule has 0 radical (unpaired) electrons. The SMILES string of the molecule is Cn1cnnc1CNC/C=C/C(=O)O. The lowest BCUT2D eigenvalue weighted by atomic mass is 10.4. The molecule has 0 aliphatic carbocycles. The highest BCUT2D eigenvalue weighted by molar-refractivity contribution is 5.79. The number of rotatable bonds is 5. The van der Waals surface area contributed by atoms with Crippen LogP contribution in [0, 0.1) is 0 Å². The van der Waals surface area contributed by atoms with Gasteiger partial charge in [-0.15, -0.1) is 10.2 Å². The smallest absolute Gasteiger partial charge is 0.328 e. The summed E-state index contributed by atoms with van der Waals surface area (Å²) in [4.78, 5) is 10.1. The van der Waals surface area contributed by atoms with Crippen molar-refractivity contribution in [3.8, 4) is 0 Å². The summed E-state index contributed by atoms with van der Waals surface area (Å²) in [5.41, 5.74) is 0. The Kier molecular flexibility index (Phi) is 3.81. The molecule has 0 atom stereocenters. The van der Waals surface area contributed by atoms with E-state index in [9.17, 15) is 4.79 Å². The fourth-order valence-electron chi connectivity index (χ4n) is 0.894. The lowest BCUT2D eigenvalue weighted by Crippen LogP contribution is -2.16. The summed E-state index contributed by atoms with van der Waals surface area (Å²) in [7, 11) is 1.85. The molecule has 0 aromatic carbocycles. The zero-order valence-corrected chi connectivity index (χ0v) is 7.84. The number of nitrogens with zero attached hydrogens (tertiary/aromatic N) is 3. The Morgan fingerprint density at radius 1 is 1.79 bits per heavy atom. The van der Waals surface area contributed by atoms with Crippen LogP contribution in [0.5, 0.6) is 0 Å². The van der Waals surface area contributed by atoms with Gasteiger partial charge in [-0.1, -0.05) is 6.08 Å². The molecule has 0 bridgehead atoms. The molecular formula is C8H12N4O2. The second kappa shape index (κ2) is 5.13. The highest BCUT2D eigenvalue weighted by Crippen LogP contribution is 1.89. The average molecular weight is 196 g/mol. The molecule has 14 heavy (non-hydrogen) atoms. The minimum atomic E-state index is -0.939. The zero-order chi connectivity index (χ0) is 10.4. The highest BCUT2D eigenvalue weighted by atomic mass is 16.4. The minimum absolute atomic E-state index is 0.499. The van der Waals surface area contributed by atoms with Crippen molar-refractivity contribution in [2.45, 2.75) is 6.54 Å². The first-order valence-corrected chi connectivity index (χ1v) is 4.13. The van der Waals surface area contributed by atoms with Gasteiger partial charge in [0.2, 0.25) is 0 Å². The van der Waals surface area contributed by atoms with Crippen molar-refractivity contribution in [2.75, 3.05) is 6.54 Å². The van der Waals surface area contributed by atoms with Gasteiger partial charge in [0.25, 0.3) is 0 Å². The molecule has 0 aliphatic rings. The van der Waals surface area contributed by atoms with Crippen molar-refractivity contribution in [3.63, 3.8) is 0 Å². The van der Waals surface area contributed by atoms with E-state index in [0.717, 1.165) is 11.9 Å². The van der Waals surface area contributed by atoms with Crippen LogP contribution in [-0.4, -0.2) is 32.4 Å². The second-order valence-corrected chi connectivity index (χ2v) is 2.73. The molecular weight excluding hydrogens is 184 g/mol. The van der Waals surface area contributed by atoms with Crippen LogP contribution in [0.25, 0.3) is 0 Å². The van der Waals surface area contributed by atoms with Crippen LogP contribution in [0.4, 0.5) is 0 Å². The standard InChI is InChI=1S/C8H12N4O2/c1-12-6-10-11-7(12)5-9-4-2-3-8(13)14/h2-3,6,9H,4-5H2,1H3,(H,13,14)/b3-2+. The van der Waals surface area contributed by atoms with Gasteiger partial charge in [0, 0.05) is 19.7 Å². The van der Waals surface area contributed by atoms with E-state index in [0.29, 0.717) is 13.1 Å². The van der Waals surface area contributed by atoms with E-state index in [2.05, 4.69) is 15.5 Å². The van der Waals surface area contributed by atoms with Gasteiger partial charge in [-0.05, 0) is 0 Å². The first kappa shape index (κ1) is 10.4. The fraction of sp³-hybridized carbons (Fsp3) is 0.375. The van der Waals surface area contributed by atoms with E-state index in [4.69, 9.17) is 5.11 Å². The predicted molar refractivity (Wildman–Crippen MR) is 49.5 cm³/mol. The number of aromatic nitrogens is 3. The normalized spacial score (nSPS) is 10.9. The number of carboxylic acid groups (broad SMARTS) is 1. The monoisotopic (exact) mass is 196 g/mol. The summed E-state index contributed by atoms with van der Waals surface area (Å²) in [5.74, 6) is -0.126. The first-order chi connectivity index (χ1) is 6.70. The lowest BCUT2D eigenvalue weighted by molar-refractivity contribution is -0.131. The molecule has 0 spiro atoms. The molecule has 76 valence electrons. The number of hydrogen-bond donors (Lipinski definition) is 2. The zero-order valence-electron chi connectivity index (χ0n) is 7.84. The summed E-state index contributed by atoms with van der Waals surface area (Å²) in [6.07, 6.45) is 4.26. The van der Waals surface area contributed by atoms with E-state index >= 15 is 0 Å². The Morgan fingerprint density at radius 3 is 3.14 bits per heavy atom. The van der Waals surface area contributed by atoms with Crippen molar-refractivity contribution in [1.82, 2.24) is 20.1 Å². The third-order valence-corrected chi connectivity index (χ3v) is 1.61. The molecule has 6 nitrogen and oxygen atoms in total. The topological polar surface area (TPSA) is 80.0 Å². The Balaban J connectivity index is 2.23. The van der Waals surface area contributed by atoms with Gasteiger partial charge in [0.15, 0.2) is 0 Å². The minimum Gasteiger partial charge on any atom is -0.478 e. The number of carbonyl (C=O) groups is 1. The van der Waals surface area contributed by atoms with Crippen LogP contribution in [0.2, 0.25) is 0 Å². The predicted octanol–water partition coefficient (Wildman–Crippen LogP) is -0.455. The molecule has 1 rings (SSSR count). The Bertz CT molecular complexity index is 332. The van der Waals surface area contributed by atoms with Crippen LogP contribution < -0.4 is 5.32 Å². The van der Waals surface area contributed by atoms with E-state index in [1.807, 2.05) is 7.05 Å². The second-order valence-electron chi connectivity index (χ2n) is 2.73.